The van der Waals surface area contributed by atoms with Crippen LogP contribution in [0.4, 0.5) is 4.39 Å². The minimum Gasteiger partial charge on any atom is -0.271 e. The van der Waals surface area contributed by atoms with Gasteiger partial charge in [0.1, 0.15) is 0 Å². The topological polar surface area (TPSA) is 17.8 Å². The summed E-state index contributed by atoms with van der Waals surface area (Å²) in [5, 5.41) is 3.44. The zero-order valence-electron chi connectivity index (χ0n) is 4.23. The van der Waals surface area contributed by atoms with Crippen LogP contribution in [0.5, 0.6) is 0 Å². The van der Waals surface area contributed by atoms with Gasteiger partial charge in [-0.25, -0.2) is 4.39 Å². The van der Waals surface area contributed by atoms with Gasteiger partial charge in [-0.05, 0) is 0 Å². The highest BCUT2D eigenvalue weighted by Gasteiger charge is 2.00. The van der Waals surface area contributed by atoms with Crippen molar-refractivity contribution in [2.45, 2.75) is 0 Å². The number of rotatable bonds is 0. The third-order valence-electron chi connectivity index (χ3n) is 0.743. The molecule has 0 fully saturated rings. The van der Waals surface area contributed by atoms with Gasteiger partial charge in [-0.3, -0.25) is 4.68 Å². The molecule has 0 unspecified atom stereocenters. The fraction of sp³-hybridized carbons (Fsp3) is 0.250. The summed E-state index contributed by atoms with van der Waals surface area (Å²) < 4.78 is 13.4. The lowest BCUT2D eigenvalue weighted by Crippen LogP contribution is -1.84. The second kappa shape index (κ2) is 1.74. The maximum absolute atomic E-state index is 12.1. The van der Waals surface area contributed by atoms with Gasteiger partial charge in [0.15, 0.2) is 11.0 Å². The Hall–Kier alpha value is -0.570. The Morgan fingerprint density at radius 3 is 2.62 bits per heavy atom. The summed E-state index contributed by atoms with van der Waals surface area (Å²) in [6.45, 7) is 0. The predicted octanol–water partition coefficient (Wildman–Crippen LogP) is 1.21. The minimum atomic E-state index is -0.478. The van der Waals surface area contributed by atoms with Gasteiger partial charge >= 0.3 is 0 Å². The van der Waals surface area contributed by atoms with Gasteiger partial charge in [0.05, 0.1) is 6.20 Å². The van der Waals surface area contributed by atoms with Crippen LogP contribution in [0.25, 0.3) is 0 Å². The van der Waals surface area contributed by atoms with Crippen LogP contribution in [-0.2, 0) is 7.05 Å². The highest BCUT2D eigenvalue weighted by molar-refractivity contribution is 6.29. The fourth-order valence-corrected chi connectivity index (χ4v) is 0.600. The van der Waals surface area contributed by atoms with Crippen molar-refractivity contribution in [2.75, 3.05) is 0 Å². The molecule has 2 nitrogen and oxygen atoms in total. The smallest absolute Gasteiger partial charge is 0.186 e. The average molecular weight is 135 g/mol. The molecule has 0 radical (unpaired) electrons. The summed E-state index contributed by atoms with van der Waals surface area (Å²) in [4.78, 5) is 0. The molecule has 0 N–H and O–H groups in total. The zero-order chi connectivity index (χ0) is 6.15. The fourth-order valence-electron chi connectivity index (χ4n) is 0.432. The first kappa shape index (κ1) is 5.56. The Morgan fingerprint density at radius 2 is 2.50 bits per heavy atom. The van der Waals surface area contributed by atoms with Crippen molar-refractivity contribution in [2.24, 2.45) is 7.05 Å². The summed E-state index contributed by atoms with van der Waals surface area (Å²) >= 11 is 5.22. The van der Waals surface area contributed by atoms with E-state index in [1.807, 2.05) is 0 Å². The van der Waals surface area contributed by atoms with Gasteiger partial charge in [-0.15, -0.1) is 0 Å². The predicted molar refractivity (Wildman–Crippen MR) is 28.2 cm³/mol. The van der Waals surface area contributed by atoms with E-state index in [1.165, 1.54) is 10.9 Å². The molecule has 4 heteroatoms. The Labute approximate surface area is 50.9 Å². The van der Waals surface area contributed by atoms with Crippen molar-refractivity contribution in [1.82, 2.24) is 9.78 Å². The Bertz CT molecular complexity index is 176. The van der Waals surface area contributed by atoms with E-state index < -0.39 is 5.82 Å². The van der Waals surface area contributed by atoms with Crippen molar-refractivity contribution in [3.8, 4) is 0 Å². The van der Waals surface area contributed by atoms with Crippen LogP contribution >= 0.6 is 11.6 Å². The molecule has 0 aliphatic carbocycles. The molecule has 1 heterocycles. The molecule has 0 spiro atoms. The molecule has 1 aromatic rings. The Balaban J connectivity index is 3.14. The molecule has 44 valence electrons. The van der Waals surface area contributed by atoms with E-state index in [1.54, 1.807) is 7.05 Å². The minimum absolute atomic E-state index is 0.0764. The van der Waals surface area contributed by atoms with Crippen LogP contribution in [-0.4, -0.2) is 9.78 Å². The highest BCUT2D eigenvalue weighted by Crippen LogP contribution is 2.08. The maximum Gasteiger partial charge on any atom is 0.186 e. The first-order valence-corrected chi connectivity index (χ1v) is 2.42. The van der Waals surface area contributed by atoms with Gasteiger partial charge in [-0.2, -0.15) is 5.10 Å². The normalized spacial score (nSPS) is 9.88. The Morgan fingerprint density at radius 1 is 1.88 bits per heavy atom. The van der Waals surface area contributed by atoms with Crippen LogP contribution in [0.2, 0.25) is 5.15 Å². The SMILES string of the molecule is Cn1cc(F)c(Cl)n1. The molecule has 0 aliphatic rings. The molecule has 0 bridgehead atoms. The monoisotopic (exact) mass is 134 g/mol. The third kappa shape index (κ3) is 0.816. The summed E-state index contributed by atoms with van der Waals surface area (Å²) in [5.74, 6) is -0.478. The molecular weight excluding hydrogens is 131 g/mol. The average Bonchev–Trinajstić information content (AvgIpc) is 1.85. The second-order valence-corrected chi connectivity index (χ2v) is 1.80. The quantitative estimate of drug-likeness (QED) is 0.522. The molecule has 1 aromatic heterocycles. The van der Waals surface area contributed by atoms with Crippen LogP contribution < -0.4 is 0 Å². The van der Waals surface area contributed by atoms with Crippen LogP contribution in [0.3, 0.4) is 0 Å². The van der Waals surface area contributed by atoms with Crippen molar-refractivity contribution in [1.29, 1.82) is 0 Å². The van der Waals surface area contributed by atoms with Crippen molar-refractivity contribution >= 4 is 11.6 Å². The lowest BCUT2D eigenvalue weighted by Gasteiger charge is -1.77. The number of hydrogen-bond donors (Lipinski definition) is 0. The number of hydrogen-bond acceptors (Lipinski definition) is 1. The van der Waals surface area contributed by atoms with Gasteiger partial charge in [0.2, 0.25) is 0 Å². The van der Waals surface area contributed by atoms with E-state index in [0.717, 1.165) is 0 Å². The molecular formula is C4H4ClFN2. The summed E-state index contributed by atoms with van der Waals surface area (Å²) in [6.07, 6.45) is 1.21. The maximum atomic E-state index is 12.1. The highest BCUT2D eigenvalue weighted by atomic mass is 35.5. The molecule has 0 amide bonds. The number of aromatic nitrogens is 2. The van der Waals surface area contributed by atoms with Crippen molar-refractivity contribution in [3.63, 3.8) is 0 Å². The summed E-state index contributed by atoms with van der Waals surface area (Å²) in [7, 11) is 1.61. The lowest BCUT2D eigenvalue weighted by molar-refractivity contribution is 0.625. The van der Waals surface area contributed by atoms with E-state index in [2.05, 4.69) is 5.10 Å². The first-order chi connectivity index (χ1) is 3.70. The molecule has 1 rings (SSSR count). The van der Waals surface area contributed by atoms with Crippen molar-refractivity contribution in [3.05, 3.63) is 17.2 Å². The number of aryl methyl sites for hydroxylation is 1. The van der Waals surface area contributed by atoms with E-state index in [-0.39, 0.29) is 5.15 Å². The summed E-state index contributed by atoms with van der Waals surface area (Å²) in [6, 6.07) is 0. The second-order valence-electron chi connectivity index (χ2n) is 1.44. The van der Waals surface area contributed by atoms with Crippen LogP contribution in [0.1, 0.15) is 0 Å². The molecule has 0 aliphatic heterocycles. The van der Waals surface area contributed by atoms with Crippen LogP contribution in [0, 0.1) is 5.82 Å². The van der Waals surface area contributed by atoms with E-state index in [0.29, 0.717) is 0 Å². The zero-order valence-corrected chi connectivity index (χ0v) is 4.98. The largest absolute Gasteiger partial charge is 0.271 e. The first-order valence-electron chi connectivity index (χ1n) is 2.05. The van der Waals surface area contributed by atoms with E-state index in [9.17, 15) is 4.39 Å². The molecule has 0 saturated heterocycles. The molecule has 0 saturated carbocycles. The van der Waals surface area contributed by atoms with Crippen LogP contribution in [0.15, 0.2) is 6.20 Å². The van der Waals surface area contributed by atoms with Gasteiger partial charge in [-0.1, -0.05) is 11.6 Å². The van der Waals surface area contributed by atoms with Gasteiger partial charge < -0.3 is 0 Å². The van der Waals surface area contributed by atoms with E-state index >= 15 is 0 Å². The molecule has 0 atom stereocenters. The van der Waals surface area contributed by atoms with Crippen molar-refractivity contribution < 1.29 is 4.39 Å². The van der Waals surface area contributed by atoms with E-state index in [4.69, 9.17) is 11.6 Å². The number of nitrogens with zero attached hydrogens (tertiary/aromatic N) is 2. The standard InChI is InChI=1S/C4H4ClFN2/c1-8-2-3(6)4(5)7-8/h2H,1H3. The number of halogens is 2. The lowest BCUT2D eigenvalue weighted by atomic mass is 10.7. The summed E-state index contributed by atoms with van der Waals surface area (Å²) in [5.41, 5.74) is 0. The molecule has 0 aromatic carbocycles. The third-order valence-corrected chi connectivity index (χ3v) is 0.999. The molecule has 8 heavy (non-hydrogen) atoms. The van der Waals surface area contributed by atoms with Gasteiger partial charge in [0.25, 0.3) is 0 Å². The Kier molecular flexibility index (Phi) is 1.21. The van der Waals surface area contributed by atoms with Gasteiger partial charge in [0, 0.05) is 7.05 Å².